The van der Waals surface area contributed by atoms with Gasteiger partial charge >= 0.3 is 11.8 Å². The topological polar surface area (TPSA) is 113 Å². The highest BCUT2D eigenvalue weighted by Gasteiger charge is 2.08. The Balaban J connectivity index is -0.000000689. The van der Waals surface area contributed by atoms with Crippen LogP contribution in [-0.4, -0.2) is 34.1 Å². The number of amides is 1. The number of carbonyl (C=O) groups excluding carboxylic acids is 1. The fraction of sp³-hybridized carbons (Fsp3) is 0.444. The van der Waals surface area contributed by atoms with Crippen molar-refractivity contribution in [1.29, 1.82) is 0 Å². The quantitative estimate of drug-likeness (QED) is 0.671. The Bertz CT molecular complexity index is 505. The van der Waals surface area contributed by atoms with E-state index in [1.807, 2.05) is 13.8 Å². The molecule has 0 atom stereocenters. The largest absolute Gasteiger partial charge is 0.432 e. The Morgan fingerprint density at radius 1 is 1.61 bits per heavy atom. The maximum atomic E-state index is 12.7. The van der Waals surface area contributed by atoms with Crippen molar-refractivity contribution in [1.82, 2.24) is 15.0 Å². The number of carbonyl (C=O) groups is 1. The fourth-order valence-corrected chi connectivity index (χ4v) is 0.779. The Labute approximate surface area is 104 Å². The molecular weight excluding hydrogens is 249 g/mol. The standard InChI is InChI=1S/C7H8FN3O5.C2H6.2H2/c8-4-3-11(6(14)10-5(4)13)16-7(15)9-1-2-12;1-2;;/h3,12H,1-2H2,(H,9,15)(H,10,13,14);1-2H3;2*1H. The molecule has 1 aromatic heterocycles. The van der Waals surface area contributed by atoms with Crippen molar-refractivity contribution in [2.24, 2.45) is 0 Å². The third-order valence-corrected chi connectivity index (χ3v) is 1.43. The van der Waals surface area contributed by atoms with E-state index in [-0.39, 0.29) is 20.7 Å². The lowest BCUT2D eigenvalue weighted by Gasteiger charge is -2.05. The number of nitrogens with zero attached hydrogens (tertiary/aromatic N) is 1. The van der Waals surface area contributed by atoms with Crippen molar-refractivity contribution in [2.45, 2.75) is 13.8 Å². The van der Waals surface area contributed by atoms with E-state index >= 15 is 0 Å². The average Bonchev–Trinajstić information content (AvgIpc) is 2.36. The molecule has 0 saturated heterocycles. The van der Waals surface area contributed by atoms with Gasteiger partial charge in [-0.2, -0.15) is 4.39 Å². The predicted octanol–water partition coefficient (Wildman–Crippen LogP) is -0.676. The molecule has 1 heterocycles. The number of H-pyrrole nitrogens is 1. The molecule has 1 rings (SSSR count). The lowest BCUT2D eigenvalue weighted by atomic mass is 10.6. The van der Waals surface area contributed by atoms with E-state index < -0.39 is 23.2 Å². The van der Waals surface area contributed by atoms with Gasteiger partial charge in [-0.3, -0.25) is 9.78 Å². The van der Waals surface area contributed by atoms with Gasteiger partial charge < -0.3 is 15.3 Å². The third kappa shape index (κ3) is 4.78. The highest BCUT2D eigenvalue weighted by Crippen LogP contribution is 1.81. The molecule has 0 fully saturated rings. The van der Waals surface area contributed by atoms with Crippen LogP contribution in [0.2, 0.25) is 0 Å². The molecule has 106 valence electrons. The molecule has 0 spiro atoms. The number of nitrogens with one attached hydrogen (secondary N) is 2. The van der Waals surface area contributed by atoms with Crippen LogP contribution in [0.4, 0.5) is 9.18 Å². The smallest absolute Gasteiger partial charge is 0.395 e. The lowest BCUT2D eigenvalue weighted by Crippen LogP contribution is -2.41. The van der Waals surface area contributed by atoms with E-state index in [1.54, 1.807) is 4.98 Å². The minimum Gasteiger partial charge on any atom is -0.395 e. The van der Waals surface area contributed by atoms with Crippen molar-refractivity contribution >= 4 is 6.09 Å². The van der Waals surface area contributed by atoms with E-state index in [4.69, 9.17) is 5.11 Å². The van der Waals surface area contributed by atoms with Gasteiger partial charge in [0.25, 0.3) is 5.56 Å². The van der Waals surface area contributed by atoms with Crippen LogP contribution in [-0.2, 0) is 0 Å². The first-order valence-corrected chi connectivity index (χ1v) is 5.13. The number of halogens is 1. The van der Waals surface area contributed by atoms with E-state index in [0.717, 1.165) is 0 Å². The van der Waals surface area contributed by atoms with Gasteiger partial charge in [0, 0.05) is 9.40 Å². The van der Waals surface area contributed by atoms with Gasteiger partial charge in [-0.05, 0) is 0 Å². The molecule has 0 unspecified atom stereocenters. The molecule has 1 amide bonds. The fourth-order valence-electron chi connectivity index (χ4n) is 0.779. The summed E-state index contributed by atoms with van der Waals surface area (Å²) in [5, 5.41) is 10.4. The Kier molecular flexibility index (Phi) is 7.05. The molecule has 9 heteroatoms. The van der Waals surface area contributed by atoms with Crippen LogP contribution in [0.15, 0.2) is 15.8 Å². The monoisotopic (exact) mass is 267 g/mol. The SMILES string of the molecule is CC.O=C(NCCO)On1cc(F)c(=O)[nH]c1=O.[HH].[HH]. The van der Waals surface area contributed by atoms with E-state index in [1.165, 1.54) is 0 Å². The second kappa shape index (κ2) is 8.01. The van der Waals surface area contributed by atoms with Gasteiger partial charge in [0.05, 0.1) is 12.8 Å². The van der Waals surface area contributed by atoms with E-state index in [9.17, 15) is 18.8 Å². The summed E-state index contributed by atoms with van der Waals surface area (Å²) < 4.78 is 12.9. The zero-order chi connectivity index (χ0) is 14.1. The van der Waals surface area contributed by atoms with Gasteiger partial charge in [0.1, 0.15) is 0 Å². The van der Waals surface area contributed by atoms with Gasteiger partial charge in [0.2, 0.25) is 5.82 Å². The minimum atomic E-state index is -1.27. The summed E-state index contributed by atoms with van der Waals surface area (Å²) in [6.07, 6.45) is -0.637. The normalized spacial score (nSPS) is 9.11. The average molecular weight is 267 g/mol. The molecule has 3 N–H and O–H groups in total. The molecule has 0 aliphatic carbocycles. The summed E-state index contributed by atoms with van der Waals surface area (Å²) in [4.78, 5) is 38.4. The zero-order valence-electron chi connectivity index (χ0n) is 9.90. The number of hydrogen-bond acceptors (Lipinski definition) is 5. The molecule has 8 nitrogen and oxygen atoms in total. The highest BCUT2D eigenvalue weighted by molar-refractivity contribution is 5.67. The maximum Gasteiger partial charge on any atom is 0.432 e. The maximum absolute atomic E-state index is 12.7. The van der Waals surface area contributed by atoms with Crippen LogP contribution in [0.25, 0.3) is 0 Å². The first-order chi connectivity index (χ1) is 8.54. The predicted molar refractivity (Wildman–Crippen MR) is 63.9 cm³/mol. The van der Waals surface area contributed by atoms with Crippen molar-refractivity contribution in [3.63, 3.8) is 0 Å². The van der Waals surface area contributed by atoms with Gasteiger partial charge in [0.15, 0.2) is 0 Å². The highest BCUT2D eigenvalue weighted by atomic mass is 19.1. The number of hydrogen-bond donors (Lipinski definition) is 3. The summed E-state index contributed by atoms with van der Waals surface area (Å²) in [6.45, 7) is 3.60. The molecule has 0 bridgehead atoms. The summed E-state index contributed by atoms with van der Waals surface area (Å²) >= 11 is 0. The number of aromatic amines is 1. The van der Waals surface area contributed by atoms with Gasteiger partial charge in [-0.25, -0.2) is 9.59 Å². The summed E-state index contributed by atoms with van der Waals surface area (Å²) in [5.41, 5.74) is -2.30. The van der Waals surface area contributed by atoms with Crippen LogP contribution in [0.3, 0.4) is 0 Å². The van der Waals surface area contributed by atoms with Crippen LogP contribution >= 0.6 is 0 Å². The van der Waals surface area contributed by atoms with Crippen molar-refractivity contribution in [2.75, 3.05) is 13.2 Å². The van der Waals surface area contributed by atoms with E-state index in [0.29, 0.717) is 6.20 Å². The van der Waals surface area contributed by atoms with Crippen molar-refractivity contribution in [3.05, 3.63) is 32.9 Å². The first-order valence-electron chi connectivity index (χ1n) is 5.13. The number of aliphatic hydroxyl groups excluding tert-OH is 1. The zero-order valence-corrected chi connectivity index (χ0v) is 9.90. The van der Waals surface area contributed by atoms with Crippen LogP contribution in [0.1, 0.15) is 16.7 Å². The molecule has 1 aromatic rings. The minimum absolute atomic E-state index is 0. The van der Waals surface area contributed by atoms with Crippen LogP contribution in [0.5, 0.6) is 0 Å². The Morgan fingerprint density at radius 3 is 2.78 bits per heavy atom. The summed E-state index contributed by atoms with van der Waals surface area (Å²) in [5.74, 6) is -1.27. The number of aliphatic hydroxyl groups is 1. The van der Waals surface area contributed by atoms with Crippen molar-refractivity contribution in [3.8, 4) is 0 Å². The number of aromatic nitrogens is 2. The van der Waals surface area contributed by atoms with E-state index in [2.05, 4.69) is 10.2 Å². The van der Waals surface area contributed by atoms with Crippen LogP contribution in [0, 0.1) is 5.82 Å². The molecule has 0 aliphatic heterocycles. The molecule has 0 radical (unpaired) electrons. The second-order valence-electron chi connectivity index (χ2n) is 2.59. The number of rotatable bonds is 3. The third-order valence-electron chi connectivity index (χ3n) is 1.43. The molecule has 0 aromatic carbocycles. The Morgan fingerprint density at radius 2 is 2.22 bits per heavy atom. The lowest BCUT2D eigenvalue weighted by molar-refractivity contribution is 0.122. The molecule has 18 heavy (non-hydrogen) atoms. The summed E-state index contributed by atoms with van der Waals surface area (Å²) in [6, 6.07) is 0. The molecular formula is C9H18FN3O5. The van der Waals surface area contributed by atoms with Crippen molar-refractivity contribution < 1.29 is 22.0 Å². The second-order valence-corrected chi connectivity index (χ2v) is 2.59. The first kappa shape index (κ1) is 15.8. The molecule has 0 aliphatic rings. The molecule has 0 saturated carbocycles. The van der Waals surface area contributed by atoms with Gasteiger partial charge in [-0.15, -0.1) is 4.73 Å². The Hall–Kier alpha value is -2.16. The van der Waals surface area contributed by atoms with Crippen LogP contribution < -0.4 is 21.4 Å². The summed E-state index contributed by atoms with van der Waals surface area (Å²) in [7, 11) is 0. The van der Waals surface area contributed by atoms with Gasteiger partial charge in [-0.1, -0.05) is 13.8 Å².